The smallest absolute Gasteiger partial charge is 0.416 e. The Labute approximate surface area is 244 Å². The number of methoxy groups -OCH3 is 1. The lowest BCUT2D eigenvalue weighted by atomic mass is 10.0. The minimum absolute atomic E-state index is 0.168. The largest absolute Gasteiger partial charge is 0.497 e. The van der Waals surface area contributed by atoms with Crippen molar-refractivity contribution in [1.29, 1.82) is 0 Å². The van der Waals surface area contributed by atoms with Gasteiger partial charge in [0.25, 0.3) is 0 Å². The Bertz CT molecular complexity index is 1550. The Morgan fingerprint density at radius 2 is 1.69 bits per heavy atom. The van der Waals surface area contributed by atoms with Crippen molar-refractivity contribution in [2.24, 2.45) is 0 Å². The van der Waals surface area contributed by atoms with Crippen molar-refractivity contribution in [3.63, 3.8) is 0 Å². The van der Waals surface area contributed by atoms with Crippen LogP contribution in [0.2, 0.25) is 0 Å². The number of carbonyl (C=O) groups excluding carboxylic acids is 1. The number of amides is 1. The minimum Gasteiger partial charge on any atom is -0.497 e. The number of hydrogen-bond donors (Lipinski definition) is 1. The summed E-state index contributed by atoms with van der Waals surface area (Å²) in [6, 6.07) is 21.9. The van der Waals surface area contributed by atoms with Crippen molar-refractivity contribution in [2.75, 3.05) is 13.7 Å². The summed E-state index contributed by atoms with van der Waals surface area (Å²) in [6.45, 7) is 2.24. The van der Waals surface area contributed by atoms with Gasteiger partial charge in [-0.05, 0) is 73.9 Å². The van der Waals surface area contributed by atoms with Crippen LogP contribution in [-0.4, -0.2) is 46.8 Å². The molecule has 0 aliphatic carbocycles. The van der Waals surface area contributed by atoms with Crippen LogP contribution in [-0.2, 0) is 11.2 Å². The Hall–Kier alpha value is -5.05. The average molecular weight is 569 g/mol. The van der Waals surface area contributed by atoms with Gasteiger partial charge in [0.05, 0.1) is 25.5 Å². The van der Waals surface area contributed by atoms with E-state index in [1.807, 2.05) is 67.6 Å². The highest BCUT2D eigenvalue weighted by Crippen LogP contribution is 2.34. The van der Waals surface area contributed by atoms with E-state index in [1.54, 1.807) is 37.5 Å². The van der Waals surface area contributed by atoms with E-state index >= 15 is 0 Å². The summed E-state index contributed by atoms with van der Waals surface area (Å²) in [5.74, 6) is 1.70. The summed E-state index contributed by atoms with van der Waals surface area (Å²) >= 11 is 0. The van der Waals surface area contributed by atoms with Crippen LogP contribution in [0, 0.1) is 6.92 Å². The lowest BCUT2D eigenvalue weighted by Gasteiger charge is -2.33. The molecular weight excluding hydrogens is 536 g/mol. The first-order chi connectivity index (χ1) is 20.4. The monoisotopic (exact) mass is 568 g/mol. The van der Waals surface area contributed by atoms with Crippen LogP contribution in [0.3, 0.4) is 0 Å². The van der Waals surface area contributed by atoms with Gasteiger partial charge in [0, 0.05) is 12.0 Å². The molecule has 0 bridgehead atoms. The summed E-state index contributed by atoms with van der Waals surface area (Å²) in [5, 5.41) is 10.0. The second-order valence-corrected chi connectivity index (χ2v) is 9.82. The van der Waals surface area contributed by atoms with Crippen molar-refractivity contribution in [1.82, 2.24) is 9.88 Å². The second-order valence-electron chi connectivity index (χ2n) is 9.82. The zero-order valence-electron chi connectivity index (χ0n) is 23.4. The normalized spacial score (nSPS) is 16.5. The van der Waals surface area contributed by atoms with E-state index in [0.29, 0.717) is 36.8 Å². The van der Waals surface area contributed by atoms with Crippen LogP contribution in [0.5, 0.6) is 17.2 Å². The van der Waals surface area contributed by atoms with Gasteiger partial charge in [0.1, 0.15) is 29.1 Å². The molecule has 0 saturated heterocycles. The number of hydrogen-bond acceptors (Lipinski definition) is 7. The number of carboxylic acids is 1. The molecule has 2 atom stereocenters. The van der Waals surface area contributed by atoms with Gasteiger partial charge in [-0.3, -0.25) is 4.90 Å². The molecule has 1 aromatic heterocycles. The van der Waals surface area contributed by atoms with Gasteiger partial charge in [-0.1, -0.05) is 42.5 Å². The molecule has 216 valence electrons. The van der Waals surface area contributed by atoms with E-state index in [4.69, 9.17) is 18.6 Å². The zero-order chi connectivity index (χ0) is 29.5. The predicted octanol–water partition coefficient (Wildman–Crippen LogP) is 6.63. The molecule has 9 nitrogen and oxygen atoms in total. The van der Waals surface area contributed by atoms with Gasteiger partial charge < -0.3 is 23.7 Å². The highest BCUT2D eigenvalue weighted by molar-refractivity contribution is 5.82. The number of carbonyl (C=O) groups is 2. The first-order valence-corrected chi connectivity index (χ1v) is 13.7. The van der Waals surface area contributed by atoms with Gasteiger partial charge in [0.15, 0.2) is 0 Å². The van der Waals surface area contributed by atoms with Crippen LogP contribution in [0.25, 0.3) is 11.5 Å². The number of ether oxygens (including phenoxy) is 3. The molecule has 9 heteroatoms. The fourth-order valence-corrected chi connectivity index (χ4v) is 4.90. The SMILES string of the molecule is COc1ccc(OC(=O)N2[C@H](C(=O)O)CC=CC[C@H]2c2cccc(OCCc3nc(-c4ccccc4)oc3C)c2)cc1. The van der Waals surface area contributed by atoms with Gasteiger partial charge in [-0.15, -0.1) is 0 Å². The minimum atomic E-state index is -1.11. The maximum Gasteiger partial charge on any atom is 0.416 e. The van der Waals surface area contributed by atoms with E-state index < -0.39 is 24.1 Å². The summed E-state index contributed by atoms with van der Waals surface area (Å²) in [7, 11) is 1.54. The number of carboxylic acid groups (broad SMARTS) is 1. The second kappa shape index (κ2) is 13.1. The summed E-state index contributed by atoms with van der Waals surface area (Å²) in [5.41, 5.74) is 2.46. The van der Waals surface area contributed by atoms with Gasteiger partial charge in [-0.25, -0.2) is 14.6 Å². The van der Waals surface area contributed by atoms with Gasteiger partial charge >= 0.3 is 12.1 Å². The number of aryl methyl sites for hydroxylation is 1. The van der Waals surface area contributed by atoms with Crippen LogP contribution < -0.4 is 14.2 Å². The lowest BCUT2D eigenvalue weighted by molar-refractivity contribution is -0.143. The molecule has 2 heterocycles. The molecule has 3 aromatic carbocycles. The van der Waals surface area contributed by atoms with Crippen molar-refractivity contribution in [3.05, 3.63) is 108 Å². The van der Waals surface area contributed by atoms with Crippen molar-refractivity contribution in [3.8, 4) is 28.7 Å². The van der Waals surface area contributed by atoms with Crippen molar-refractivity contribution < 1.29 is 33.3 Å². The summed E-state index contributed by atoms with van der Waals surface area (Å²) < 4.78 is 22.7. The van der Waals surface area contributed by atoms with Crippen LogP contribution >= 0.6 is 0 Å². The Morgan fingerprint density at radius 1 is 0.952 bits per heavy atom. The van der Waals surface area contributed by atoms with Crippen LogP contribution in [0.1, 0.15) is 35.9 Å². The number of oxazole rings is 1. The molecule has 42 heavy (non-hydrogen) atoms. The molecule has 1 amide bonds. The molecular formula is C33H32N2O7. The molecule has 4 aromatic rings. The third-order valence-electron chi connectivity index (χ3n) is 7.08. The van der Waals surface area contributed by atoms with E-state index in [2.05, 4.69) is 4.98 Å². The topological polar surface area (TPSA) is 111 Å². The molecule has 1 N–H and O–H groups in total. The fraction of sp³-hybridized carbons (Fsp3) is 0.242. The predicted molar refractivity (Wildman–Crippen MR) is 156 cm³/mol. The Balaban J connectivity index is 1.31. The van der Waals surface area contributed by atoms with E-state index in [-0.39, 0.29) is 12.2 Å². The molecule has 0 spiro atoms. The summed E-state index contributed by atoms with van der Waals surface area (Å²) in [6.07, 6.45) is 4.07. The molecule has 0 fully saturated rings. The molecule has 1 aliphatic rings. The fourth-order valence-electron chi connectivity index (χ4n) is 4.90. The molecule has 0 unspecified atom stereocenters. The first kappa shape index (κ1) is 28.5. The van der Waals surface area contributed by atoms with Gasteiger partial charge in [0.2, 0.25) is 5.89 Å². The van der Waals surface area contributed by atoms with Gasteiger partial charge in [-0.2, -0.15) is 0 Å². The highest BCUT2D eigenvalue weighted by atomic mass is 16.6. The molecule has 1 aliphatic heterocycles. The number of aromatic nitrogens is 1. The van der Waals surface area contributed by atoms with E-state index in [0.717, 1.165) is 22.6 Å². The molecule has 0 saturated carbocycles. The maximum atomic E-state index is 13.5. The Morgan fingerprint density at radius 3 is 2.43 bits per heavy atom. The zero-order valence-corrected chi connectivity index (χ0v) is 23.4. The van der Waals surface area contributed by atoms with Crippen LogP contribution in [0.4, 0.5) is 4.79 Å². The molecule has 5 rings (SSSR count). The van der Waals surface area contributed by atoms with Crippen LogP contribution in [0.15, 0.2) is 95.4 Å². The number of rotatable bonds is 9. The Kier molecular flexibility index (Phi) is 8.87. The van der Waals surface area contributed by atoms with Crippen molar-refractivity contribution >= 4 is 12.1 Å². The summed E-state index contributed by atoms with van der Waals surface area (Å²) in [4.78, 5) is 31.7. The number of benzene rings is 3. The third kappa shape index (κ3) is 6.63. The average Bonchev–Trinajstić information content (AvgIpc) is 3.22. The standard InChI is InChI=1S/C33H32N2O7/c1-22-28(34-31(41-22)23-9-4-3-5-10-23)19-20-40-27-12-8-11-24(21-27)29-13-6-7-14-30(32(36)37)35(29)33(38)42-26-17-15-25(39-2)16-18-26/h3-12,15-18,21,29-30H,13-14,19-20H2,1-2H3,(H,36,37)/t29-,30-/m0/s1. The van der Waals surface area contributed by atoms with E-state index in [1.165, 1.54) is 4.90 Å². The third-order valence-corrected chi connectivity index (χ3v) is 7.08. The van der Waals surface area contributed by atoms with Crippen molar-refractivity contribution in [2.45, 2.75) is 38.3 Å². The number of nitrogens with zero attached hydrogens (tertiary/aromatic N) is 2. The quantitative estimate of drug-likeness (QED) is 0.224. The lowest BCUT2D eigenvalue weighted by Crippen LogP contribution is -2.47. The maximum absolute atomic E-state index is 13.5. The first-order valence-electron chi connectivity index (χ1n) is 13.7. The highest BCUT2D eigenvalue weighted by Gasteiger charge is 2.38. The molecule has 0 radical (unpaired) electrons. The number of aliphatic carboxylic acids is 1. The van der Waals surface area contributed by atoms with E-state index in [9.17, 15) is 14.7 Å².